The van der Waals surface area contributed by atoms with Gasteiger partial charge in [-0.25, -0.2) is 9.97 Å². The van der Waals surface area contributed by atoms with Gasteiger partial charge in [-0.3, -0.25) is 4.79 Å². The zero-order valence-electron chi connectivity index (χ0n) is 16.0. The number of halogens is 1. The first-order valence-corrected chi connectivity index (χ1v) is 9.59. The molecule has 2 aromatic heterocycles. The van der Waals surface area contributed by atoms with E-state index in [-0.39, 0.29) is 5.91 Å². The van der Waals surface area contributed by atoms with Crippen LogP contribution in [-0.4, -0.2) is 41.4 Å². The van der Waals surface area contributed by atoms with E-state index in [0.29, 0.717) is 34.5 Å². The van der Waals surface area contributed by atoms with Crippen LogP contribution in [0.1, 0.15) is 5.56 Å². The van der Waals surface area contributed by atoms with Gasteiger partial charge >= 0.3 is 0 Å². The second-order valence-corrected chi connectivity index (χ2v) is 7.46. The largest absolute Gasteiger partial charge is 0.354 e. The minimum absolute atomic E-state index is 0.251. The molecule has 0 fully saturated rings. The van der Waals surface area contributed by atoms with E-state index in [9.17, 15) is 10.1 Å². The lowest BCUT2D eigenvalue weighted by atomic mass is 10.1. The Labute approximate surface area is 177 Å². The summed E-state index contributed by atoms with van der Waals surface area (Å²) in [6, 6.07) is 11.5. The molecule has 7 nitrogen and oxygen atoms in total. The first kappa shape index (κ1) is 20.5. The highest BCUT2D eigenvalue weighted by molar-refractivity contribution is 9.10. The number of fused-ring (bicyclic) bond motifs is 1. The molecular formula is C21H19BrN6O. The van der Waals surface area contributed by atoms with Crippen LogP contribution in [0.25, 0.3) is 11.0 Å². The number of anilines is 3. The minimum Gasteiger partial charge on any atom is -0.354 e. The molecule has 0 saturated heterocycles. The number of aromatic nitrogens is 2. The Bertz CT molecular complexity index is 1120. The highest BCUT2D eigenvalue weighted by Crippen LogP contribution is 2.30. The molecule has 8 heteroatoms. The summed E-state index contributed by atoms with van der Waals surface area (Å²) in [5.41, 5.74) is 2.77. The van der Waals surface area contributed by atoms with Crippen LogP contribution in [0.4, 0.5) is 17.1 Å². The van der Waals surface area contributed by atoms with Crippen molar-refractivity contribution in [3.8, 4) is 6.07 Å². The van der Waals surface area contributed by atoms with Gasteiger partial charge < -0.3 is 15.5 Å². The fourth-order valence-electron chi connectivity index (χ4n) is 2.63. The average molecular weight is 451 g/mol. The Hall–Kier alpha value is -3.28. The average Bonchev–Trinajstić information content (AvgIpc) is 2.68. The van der Waals surface area contributed by atoms with Gasteiger partial charge in [0, 0.05) is 34.4 Å². The third-order valence-electron chi connectivity index (χ3n) is 3.94. The number of benzene rings is 1. The topological polar surface area (TPSA) is 93.9 Å². The number of rotatable bonds is 6. The highest BCUT2D eigenvalue weighted by atomic mass is 79.9. The summed E-state index contributed by atoms with van der Waals surface area (Å²) in [7, 11) is 3.85. The molecule has 1 amide bonds. The molecule has 0 bridgehead atoms. The number of nitrogens with zero attached hydrogens (tertiary/aromatic N) is 4. The summed E-state index contributed by atoms with van der Waals surface area (Å²) in [5.74, 6) is -0.251. The number of nitriles is 1. The second-order valence-electron chi connectivity index (χ2n) is 6.54. The number of hydrogen-bond acceptors (Lipinski definition) is 6. The van der Waals surface area contributed by atoms with Gasteiger partial charge in [-0.2, -0.15) is 5.26 Å². The number of pyridine rings is 2. The van der Waals surface area contributed by atoms with Crippen molar-refractivity contribution in [2.45, 2.75) is 0 Å². The van der Waals surface area contributed by atoms with E-state index >= 15 is 0 Å². The van der Waals surface area contributed by atoms with E-state index < -0.39 is 0 Å². The van der Waals surface area contributed by atoms with Crippen LogP contribution < -0.4 is 10.6 Å². The van der Waals surface area contributed by atoms with Crippen LogP contribution in [0.2, 0.25) is 0 Å². The first-order chi connectivity index (χ1) is 14.0. The van der Waals surface area contributed by atoms with Gasteiger partial charge in [-0.15, -0.1) is 0 Å². The van der Waals surface area contributed by atoms with Crippen LogP contribution in [0, 0.1) is 11.3 Å². The van der Waals surface area contributed by atoms with Crippen LogP contribution in [0.3, 0.4) is 0 Å². The lowest BCUT2D eigenvalue weighted by molar-refractivity contribution is -0.111. The maximum absolute atomic E-state index is 12.1. The highest BCUT2D eigenvalue weighted by Gasteiger charge is 2.12. The van der Waals surface area contributed by atoms with Gasteiger partial charge in [0.1, 0.15) is 6.07 Å². The number of nitrogens with one attached hydrogen (secondary N) is 2. The molecule has 3 aromatic rings. The summed E-state index contributed by atoms with van der Waals surface area (Å²) in [5, 5.41) is 16.2. The van der Waals surface area contributed by atoms with E-state index in [0.717, 1.165) is 10.2 Å². The molecule has 146 valence electrons. The van der Waals surface area contributed by atoms with Crippen molar-refractivity contribution >= 4 is 49.9 Å². The molecule has 0 aliphatic heterocycles. The molecule has 1 aromatic carbocycles. The molecule has 2 heterocycles. The normalized spacial score (nSPS) is 11.0. The molecule has 0 spiro atoms. The Kier molecular flexibility index (Phi) is 6.54. The van der Waals surface area contributed by atoms with Gasteiger partial charge in [0.2, 0.25) is 5.91 Å². The molecule has 0 aliphatic carbocycles. The maximum Gasteiger partial charge on any atom is 0.248 e. The zero-order valence-corrected chi connectivity index (χ0v) is 17.6. The van der Waals surface area contributed by atoms with Crippen molar-refractivity contribution in [1.29, 1.82) is 5.26 Å². The molecule has 0 atom stereocenters. The van der Waals surface area contributed by atoms with Gasteiger partial charge in [0.05, 0.1) is 23.1 Å². The zero-order chi connectivity index (χ0) is 20.8. The summed E-state index contributed by atoms with van der Waals surface area (Å²) < 4.78 is 0.912. The first-order valence-electron chi connectivity index (χ1n) is 8.80. The third kappa shape index (κ3) is 5.38. The van der Waals surface area contributed by atoms with Crippen LogP contribution in [0.15, 0.2) is 59.4 Å². The number of carbonyl (C=O) groups is 1. The van der Waals surface area contributed by atoms with Gasteiger partial charge in [-0.05, 0) is 38.4 Å². The second kappa shape index (κ2) is 9.28. The van der Waals surface area contributed by atoms with E-state index in [1.165, 1.54) is 12.3 Å². The third-order valence-corrected chi connectivity index (χ3v) is 4.44. The SMILES string of the molecule is CN(C)CC=CC(=O)Nc1cnc2ncc(C#N)c(Nc3cccc(Br)c3)c2c1. The molecule has 3 rings (SSSR count). The Morgan fingerprint density at radius 1 is 1.24 bits per heavy atom. The van der Waals surface area contributed by atoms with E-state index in [1.807, 2.05) is 43.3 Å². The number of hydrogen-bond donors (Lipinski definition) is 2. The number of carbonyl (C=O) groups excluding carboxylic acids is 1. The number of amides is 1. The molecule has 29 heavy (non-hydrogen) atoms. The summed E-state index contributed by atoms with van der Waals surface area (Å²) in [6.07, 6.45) is 6.29. The van der Waals surface area contributed by atoms with Crippen LogP contribution in [-0.2, 0) is 4.79 Å². The molecule has 0 unspecified atom stereocenters. The van der Waals surface area contributed by atoms with Crippen LogP contribution >= 0.6 is 15.9 Å². The summed E-state index contributed by atoms with van der Waals surface area (Å²) >= 11 is 3.44. The lowest BCUT2D eigenvalue weighted by Crippen LogP contribution is -2.13. The van der Waals surface area contributed by atoms with Gasteiger partial charge in [-0.1, -0.05) is 28.1 Å². The van der Waals surface area contributed by atoms with E-state index in [1.54, 1.807) is 18.3 Å². The van der Waals surface area contributed by atoms with E-state index in [2.05, 4.69) is 42.6 Å². The fourth-order valence-corrected chi connectivity index (χ4v) is 3.03. The molecular weight excluding hydrogens is 432 g/mol. The Morgan fingerprint density at radius 2 is 2.03 bits per heavy atom. The molecule has 0 saturated carbocycles. The van der Waals surface area contributed by atoms with E-state index in [4.69, 9.17) is 0 Å². The van der Waals surface area contributed by atoms with Gasteiger partial charge in [0.15, 0.2) is 5.65 Å². The number of likely N-dealkylation sites (N-methyl/N-ethyl adjacent to an activating group) is 1. The standard InChI is InChI=1S/C21H19BrN6O/c1-28(2)8-4-7-19(29)26-17-10-18-20(27-16-6-3-5-15(22)9-16)14(11-23)12-24-21(18)25-13-17/h3-7,9-10,12-13H,8H2,1-2H3,(H,26,29)(H,24,25,27). The smallest absolute Gasteiger partial charge is 0.248 e. The minimum atomic E-state index is -0.251. The van der Waals surface area contributed by atoms with Crippen molar-refractivity contribution in [1.82, 2.24) is 14.9 Å². The Morgan fingerprint density at radius 3 is 2.76 bits per heavy atom. The van der Waals surface area contributed by atoms with Crippen molar-refractivity contribution in [3.05, 3.63) is 64.9 Å². The quantitative estimate of drug-likeness (QED) is 0.549. The van der Waals surface area contributed by atoms with Crippen LogP contribution in [0.5, 0.6) is 0 Å². The fraction of sp³-hybridized carbons (Fsp3) is 0.143. The van der Waals surface area contributed by atoms with Gasteiger partial charge in [0.25, 0.3) is 0 Å². The molecule has 2 N–H and O–H groups in total. The predicted molar refractivity (Wildman–Crippen MR) is 118 cm³/mol. The summed E-state index contributed by atoms with van der Waals surface area (Å²) in [4.78, 5) is 22.7. The predicted octanol–water partition coefficient (Wildman–Crippen LogP) is 4.06. The molecule has 0 aliphatic rings. The van der Waals surface area contributed by atoms with Crippen molar-refractivity contribution in [2.24, 2.45) is 0 Å². The lowest BCUT2D eigenvalue weighted by Gasteiger charge is -2.12. The van der Waals surface area contributed by atoms with Crippen molar-refractivity contribution < 1.29 is 4.79 Å². The summed E-state index contributed by atoms with van der Waals surface area (Å²) in [6.45, 7) is 0.666. The van der Waals surface area contributed by atoms with Crippen molar-refractivity contribution in [3.63, 3.8) is 0 Å². The van der Waals surface area contributed by atoms with Crippen molar-refractivity contribution in [2.75, 3.05) is 31.3 Å². The maximum atomic E-state index is 12.1. The monoisotopic (exact) mass is 450 g/mol. The Balaban J connectivity index is 1.95. The molecule has 0 radical (unpaired) electrons.